The van der Waals surface area contributed by atoms with Gasteiger partial charge in [0, 0.05) is 0 Å². The normalized spacial score (nSPS) is 15.4. The summed E-state index contributed by atoms with van der Waals surface area (Å²) in [6.07, 6.45) is -0.993. The lowest BCUT2D eigenvalue weighted by atomic mass is 10.1. The highest BCUT2D eigenvalue weighted by molar-refractivity contribution is 5.98. The SMILES string of the molecule is CC(C)Oc1ccc(C(=O)O)cc1NC(=O)C1COc2ccccc2O1. The first kappa shape index (κ1) is 17.6. The minimum atomic E-state index is -1.09. The number of anilines is 1. The van der Waals surface area contributed by atoms with Gasteiger partial charge in [0.15, 0.2) is 11.5 Å². The smallest absolute Gasteiger partial charge is 0.335 e. The predicted octanol–water partition coefficient (Wildman–Crippen LogP) is 2.95. The number of carboxylic acid groups (broad SMARTS) is 1. The molecule has 0 fully saturated rings. The fraction of sp³-hybridized carbons (Fsp3) is 0.263. The van der Waals surface area contributed by atoms with E-state index in [0.717, 1.165) is 0 Å². The van der Waals surface area contributed by atoms with Crippen molar-refractivity contribution in [2.24, 2.45) is 0 Å². The molecule has 0 aliphatic carbocycles. The van der Waals surface area contributed by atoms with Crippen molar-refractivity contribution in [3.63, 3.8) is 0 Å². The Morgan fingerprint density at radius 1 is 1.19 bits per heavy atom. The Labute approximate surface area is 150 Å². The molecule has 1 atom stereocenters. The zero-order valence-electron chi connectivity index (χ0n) is 14.4. The van der Waals surface area contributed by atoms with Gasteiger partial charge in [-0.25, -0.2) is 4.79 Å². The molecule has 1 amide bonds. The number of carbonyl (C=O) groups excluding carboxylic acids is 1. The fourth-order valence-electron chi connectivity index (χ4n) is 2.48. The third-order valence-electron chi connectivity index (χ3n) is 3.65. The van der Waals surface area contributed by atoms with Gasteiger partial charge in [0.25, 0.3) is 5.91 Å². The highest BCUT2D eigenvalue weighted by atomic mass is 16.6. The Bertz CT molecular complexity index is 833. The highest BCUT2D eigenvalue weighted by Gasteiger charge is 2.28. The van der Waals surface area contributed by atoms with Gasteiger partial charge in [0.05, 0.1) is 17.4 Å². The number of rotatable bonds is 5. The van der Waals surface area contributed by atoms with Crippen LogP contribution in [0.25, 0.3) is 0 Å². The molecular weight excluding hydrogens is 338 g/mol. The fourth-order valence-corrected chi connectivity index (χ4v) is 2.48. The molecule has 0 aromatic heterocycles. The first-order valence-corrected chi connectivity index (χ1v) is 8.17. The molecule has 7 nitrogen and oxygen atoms in total. The van der Waals surface area contributed by atoms with E-state index in [2.05, 4.69) is 5.32 Å². The molecule has 1 aliphatic rings. The molecule has 1 aliphatic heterocycles. The third-order valence-corrected chi connectivity index (χ3v) is 3.65. The van der Waals surface area contributed by atoms with Crippen molar-refractivity contribution in [3.8, 4) is 17.2 Å². The van der Waals surface area contributed by atoms with Gasteiger partial charge in [-0.1, -0.05) is 12.1 Å². The number of aromatic carboxylic acids is 1. The van der Waals surface area contributed by atoms with Crippen molar-refractivity contribution >= 4 is 17.6 Å². The standard InChI is InChI=1S/C19H19NO6/c1-11(2)25-14-8-7-12(19(22)23)9-13(14)20-18(21)17-10-24-15-5-3-4-6-16(15)26-17/h3-9,11,17H,10H2,1-2H3,(H,20,21)(H,22,23). The molecule has 0 radical (unpaired) electrons. The molecule has 26 heavy (non-hydrogen) atoms. The largest absolute Gasteiger partial charge is 0.489 e. The second-order valence-electron chi connectivity index (χ2n) is 6.04. The number of hydrogen-bond acceptors (Lipinski definition) is 5. The summed E-state index contributed by atoms with van der Waals surface area (Å²) in [6.45, 7) is 3.74. The van der Waals surface area contributed by atoms with Gasteiger partial charge in [0.2, 0.25) is 6.10 Å². The second kappa shape index (κ2) is 7.35. The number of hydrogen-bond donors (Lipinski definition) is 2. The van der Waals surface area contributed by atoms with Crippen molar-refractivity contribution in [3.05, 3.63) is 48.0 Å². The van der Waals surface area contributed by atoms with E-state index in [-0.39, 0.29) is 24.0 Å². The zero-order chi connectivity index (χ0) is 18.7. The molecule has 0 saturated heterocycles. The molecular formula is C19H19NO6. The van der Waals surface area contributed by atoms with Gasteiger partial charge in [-0.05, 0) is 44.2 Å². The van der Waals surface area contributed by atoms with Crippen molar-refractivity contribution in [1.82, 2.24) is 0 Å². The van der Waals surface area contributed by atoms with E-state index in [9.17, 15) is 14.7 Å². The number of fused-ring (bicyclic) bond motifs is 1. The van der Waals surface area contributed by atoms with Crippen LogP contribution in [0.2, 0.25) is 0 Å². The molecule has 1 unspecified atom stereocenters. The first-order valence-electron chi connectivity index (χ1n) is 8.17. The summed E-state index contributed by atoms with van der Waals surface area (Å²) in [4.78, 5) is 23.8. The van der Waals surface area contributed by atoms with Crippen LogP contribution in [-0.4, -0.2) is 35.8 Å². The van der Waals surface area contributed by atoms with Gasteiger partial charge >= 0.3 is 5.97 Å². The monoisotopic (exact) mass is 357 g/mol. The maximum absolute atomic E-state index is 12.6. The lowest BCUT2D eigenvalue weighted by Crippen LogP contribution is -2.40. The zero-order valence-corrected chi connectivity index (χ0v) is 14.4. The molecule has 2 aromatic carbocycles. The minimum Gasteiger partial charge on any atom is -0.489 e. The molecule has 0 spiro atoms. The Kier molecular flexibility index (Phi) is 4.97. The lowest BCUT2D eigenvalue weighted by Gasteiger charge is -2.26. The predicted molar refractivity (Wildman–Crippen MR) is 94.1 cm³/mol. The maximum Gasteiger partial charge on any atom is 0.335 e. The quantitative estimate of drug-likeness (QED) is 0.854. The summed E-state index contributed by atoms with van der Waals surface area (Å²) in [7, 11) is 0. The van der Waals surface area contributed by atoms with Crippen molar-refractivity contribution in [2.45, 2.75) is 26.1 Å². The number of nitrogens with one attached hydrogen (secondary N) is 1. The summed E-state index contributed by atoms with van der Waals surface area (Å²) in [5.74, 6) is -0.0982. The van der Waals surface area contributed by atoms with E-state index in [4.69, 9.17) is 14.2 Å². The molecule has 1 heterocycles. The van der Waals surface area contributed by atoms with Crippen LogP contribution in [0.3, 0.4) is 0 Å². The molecule has 3 rings (SSSR count). The molecule has 7 heteroatoms. The number of ether oxygens (including phenoxy) is 3. The van der Waals surface area contributed by atoms with Crippen LogP contribution in [-0.2, 0) is 4.79 Å². The van der Waals surface area contributed by atoms with Gasteiger partial charge < -0.3 is 24.6 Å². The first-order chi connectivity index (χ1) is 12.4. The summed E-state index contributed by atoms with van der Waals surface area (Å²) in [5, 5.41) is 11.9. The molecule has 136 valence electrons. The molecule has 0 saturated carbocycles. The second-order valence-corrected chi connectivity index (χ2v) is 6.04. The number of carbonyl (C=O) groups is 2. The Balaban J connectivity index is 1.80. The van der Waals surface area contributed by atoms with Gasteiger partial charge in [0.1, 0.15) is 12.4 Å². The van der Waals surface area contributed by atoms with Crippen LogP contribution in [0, 0.1) is 0 Å². The van der Waals surface area contributed by atoms with E-state index in [1.807, 2.05) is 19.9 Å². The van der Waals surface area contributed by atoms with Crippen LogP contribution in [0.4, 0.5) is 5.69 Å². The Morgan fingerprint density at radius 2 is 1.92 bits per heavy atom. The average Bonchev–Trinajstić information content (AvgIpc) is 2.62. The topological polar surface area (TPSA) is 94.1 Å². The van der Waals surface area contributed by atoms with E-state index in [1.165, 1.54) is 18.2 Å². The van der Waals surface area contributed by atoms with Crippen LogP contribution in [0.15, 0.2) is 42.5 Å². The van der Waals surface area contributed by atoms with Crippen molar-refractivity contribution in [1.29, 1.82) is 0 Å². The number of carboxylic acids is 1. The van der Waals surface area contributed by atoms with E-state index >= 15 is 0 Å². The number of para-hydroxylation sites is 2. The summed E-state index contributed by atoms with van der Waals surface area (Å²) >= 11 is 0. The van der Waals surface area contributed by atoms with Crippen LogP contribution >= 0.6 is 0 Å². The van der Waals surface area contributed by atoms with E-state index in [1.54, 1.807) is 18.2 Å². The van der Waals surface area contributed by atoms with Crippen LogP contribution < -0.4 is 19.5 Å². The Morgan fingerprint density at radius 3 is 2.62 bits per heavy atom. The van der Waals surface area contributed by atoms with Gasteiger partial charge in [-0.15, -0.1) is 0 Å². The van der Waals surface area contributed by atoms with E-state index < -0.39 is 18.0 Å². The highest BCUT2D eigenvalue weighted by Crippen LogP contribution is 2.32. The van der Waals surface area contributed by atoms with Crippen molar-refractivity contribution in [2.75, 3.05) is 11.9 Å². The molecule has 2 N–H and O–H groups in total. The summed E-state index contributed by atoms with van der Waals surface area (Å²) < 4.78 is 16.9. The number of benzene rings is 2. The minimum absolute atomic E-state index is 0.0440. The molecule has 2 aromatic rings. The van der Waals surface area contributed by atoms with Gasteiger partial charge in [-0.2, -0.15) is 0 Å². The van der Waals surface area contributed by atoms with Crippen molar-refractivity contribution < 1.29 is 28.9 Å². The lowest BCUT2D eigenvalue weighted by molar-refractivity contribution is -0.125. The number of amides is 1. The van der Waals surface area contributed by atoms with Crippen LogP contribution in [0.5, 0.6) is 17.2 Å². The Hall–Kier alpha value is -3.22. The summed E-state index contributed by atoms with van der Waals surface area (Å²) in [6, 6.07) is 11.4. The third kappa shape index (κ3) is 3.88. The maximum atomic E-state index is 12.6. The summed E-state index contributed by atoms with van der Waals surface area (Å²) in [5.41, 5.74) is 0.314. The van der Waals surface area contributed by atoms with Gasteiger partial charge in [-0.3, -0.25) is 4.79 Å². The van der Waals surface area contributed by atoms with E-state index in [0.29, 0.717) is 17.2 Å². The van der Waals surface area contributed by atoms with Crippen LogP contribution in [0.1, 0.15) is 24.2 Å². The average molecular weight is 357 g/mol. The molecule has 0 bridgehead atoms.